The van der Waals surface area contributed by atoms with Gasteiger partial charge in [-0.3, -0.25) is 4.90 Å². The van der Waals surface area contributed by atoms with E-state index in [1.54, 1.807) is 0 Å². The lowest BCUT2D eigenvalue weighted by molar-refractivity contribution is 0.202. The molecule has 2 atom stereocenters. The highest BCUT2D eigenvalue weighted by Crippen LogP contribution is 2.28. The van der Waals surface area contributed by atoms with Crippen LogP contribution in [0.5, 0.6) is 0 Å². The molecule has 0 aliphatic carbocycles. The molecule has 104 valence electrons. The summed E-state index contributed by atoms with van der Waals surface area (Å²) in [6.07, 6.45) is 2.69. The van der Waals surface area contributed by atoms with Gasteiger partial charge in [0.1, 0.15) is 5.82 Å². The van der Waals surface area contributed by atoms with Crippen LogP contribution in [-0.4, -0.2) is 41.6 Å². The van der Waals surface area contributed by atoms with Crippen molar-refractivity contribution in [3.05, 3.63) is 23.4 Å². The van der Waals surface area contributed by atoms with Crippen LogP contribution in [0.2, 0.25) is 0 Å². The molecule has 3 nitrogen and oxygen atoms in total. The van der Waals surface area contributed by atoms with Gasteiger partial charge in [-0.15, -0.1) is 11.6 Å². The van der Waals surface area contributed by atoms with Crippen LogP contribution in [0.4, 0.5) is 5.82 Å². The molecule has 1 aromatic heterocycles. The van der Waals surface area contributed by atoms with Crippen LogP contribution in [0.1, 0.15) is 31.0 Å². The molecule has 2 fully saturated rings. The van der Waals surface area contributed by atoms with Gasteiger partial charge in [-0.1, -0.05) is 6.07 Å². The van der Waals surface area contributed by atoms with Crippen LogP contribution < -0.4 is 4.90 Å². The Morgan fingerprint density at radius 2 is 2.21 bits per heavy atom. The highest BCUT2D eigenvalue weighted by atomic mass is 35.5. The van der Waals surface area contributed by atoms with Gasteiger partial charge < -0.3 is 4.90 Å². The van der Waals surface area contributed by atoms with E-state index < -0.39 is 0 Å². The Hall–Kier alpha value is -0.800. The van der Waals surface area contributed by atoms with Crippen LogP contribution in [0.15, 0.2) is 12.1 Å². The number of alkyl halides is 1. The largest absolute Gasteiger partial charge is 0.351 e. The molecule has 2 aliphatic rings. The van der Waals surface area contributed by atoms with Gasteiger partial charge in [0.2, 0.25) is 0 Å². The third kappa shape index (κ3) is 2.46. The first kappa shape index (κ1) is 13.2. The summed E-state index contributed by atoms with van der Waals surface area (Å²) in [5.41, 5.74) is 2.20. The molecule has 0 amide bonds. The first-order chi connectivity index (χ1) is 9.19. The summed E-state index contributed by atoms with van der Waals surface area (Å²) in [5.74, 6) is 1.66. The van der Waals surface area contributed by atoms with Crippen molar-refractivity contribution in [2.24, 2.45) is 0 Å². The van der Waals surface area contributed by atoms with Crippen molar-refractivity contribution in [1.82, 2.24) is 9.88 Å². The molecule has 0 N–H and O–H groups in total. The van der Waals surface area contributed by atoms with Crippen molar-refractivity contribution < 1.29 is 0 Å². The van der Waals surface area contributed by atoms with Crippen LogP contribution in [0.3, 0.4) is 0 Å². The fourth-order valence-corrected chi connectivity index (χ4v) is 3.67. The Bertz CT molecular complexity index is 463. The molecule has 2 saturated heterocycles. The lowest BCUT2D eigenvalue weighted by atomic mass is 10.1. The molecular weight excluding hydrogens is 258 g/mol. The second-order valence-corrected chi connectivity index (χ2v) is 6.11. The van der Waals surface area contributed by atoms with E-state index in [2.05, 4.69) is 35.8 Å². The number of hydrogen-bond donors (Lipinski definition) is 0. The van der Waals surface area contributed by atoms with E-state index in [9.17, 15) is 0 Å². The summed E-state index contributed by atoms with van der Waals surface area (Å²) in [4.78, 5) is 9.86. The third-order valence-electron chi connectivity index (χ3n) is 4.56. The van der Waals surface area contributed by atoms with Gasteiger partial charge in [-0.05, 0) is 44.9 Å². The molecule has 0 spiro atoms. The zero-order valence-corrected chi connectivity index (χ0v) is 12.5. The van der Waals surface area contributed by atoms with Gasteiger partial charge in [-0.2, -0.15) is 0 Å². The smallest absolute Gasteiger partial charge is 0.129 e. The Morgan fingerprint density at radius 3 is 2.95 bits per heavy atom. The fourth-order valence-electron chi connectivity index (χ4n) is 3.38. The molecule has 4 heteroatoms. The lowest BCUT2D eigenvalue weighted by Crippen LogP contribution is -2.55. The number of piperazine rings is 1. The van der Waals surface area contributed by atoms with Gasteiger partial charge in [0.05, 0.1) is 0 Å². The maximum atomic E-state index is 5.91. The van der Waals surface area contributed by atoms with E-state index in [1.165, 1.54) is 25.9 Å². The quantitative estimate of drug-likeness (QED) is 0.776. The van der Waals surface area contributed by atoms with E-state index in [0.717, 1.165) is 29.7 Å². The predicted molar refractivity (Wildman–Crippen MR) is 79.9 cm³/mol. The van der Waals surface area contributed by atoms with Gasteiger partial charge in [-0.25, -0.2) is 4.98 Å². The zero-order chi connectivity index (χ0) is 13.4. The summed E-state index contributed by atoms with van der Waals surface area (Å²) in [6, 6.07) is 5.53. The molecule has 2 unspecified atom stereocenters. The molecule has 0 saturated carbocycles. The molecule has 0 aromatic carbocycles. The molecular formula is C15H22ClN3. The minimum absolute atomic E-state index is 0.545. The van der Waals surface area contributed by atoms with Crippen molar-refractivity contribution in [2.45, 2.75) is 44.7 Å². The first-order valence-electron chi connectivity index (χ1n) is 7.22. The Morgan fingerprint density at radius 1 is 1.37 bits per heavy atom. The van der Waals surface area contributed by atoms with Gasteiger partial charge in [0.15, 0.2) is 0 Å². The lowest BCUT2D eigenvalue weighted by Gasteiger charge is -2.43. The minimum atomic E-state index is 0.545. The summed E-state index contributed by atoms with van der Waals surface area (Å²) in [7, 11) is 0. The van der Waals surface area contributed by atoms with Crippen molar-refractivity contribution in [1.29, 1.82) is 0 Å². The Balaban J connectivity index is 1.82. The number of fused-ring (bicyclic) bond motifs is 1. The number of anilines is 1. The van der Waals surface area contributed by atoms with E-state index >= 15 is 0 Å². The second-order valence-electron chi connectivity index (χ2n) is 5.84. The summed E-state index contributed by atoms with van der Waals surface area (Å²) in [5, 5.41) is 0. The normalized spacial score (nSPS) is 27.6. The highest BCUT2D eigenvalue weighted by molar-refractivity contribution is 6.17. The molecule has 1 aromatic rings. The summed E-state index contributed by atoms with van der Waals surface area (Å²) in [6.45, 7) is 7.93. The van der Waals surface area contributed by atoms with E-state index in [4.69, 9.17) is 16.6 Å². The van der Waals surface area contributed by atoms with E-state index in [0.29, 0.717) is 11.9 Å². The van der Waals surface area contributed by atoms with Crippen molar-refractivity contribution in [2.75, 3.05) is 24.5 Å². The Labute approximate surface area is 120 Å². The molecule has 0 radical (unpaired) electrons. The number of pyridine rings is 1. The van der Waals surface area contributed by atoms with E-state index in [1.807, 2.05) is 0 Å². The minimum Gasteiger partial charge on any atom is -0.351 e. The van der Waals surface area contributed by atoms with Crippen molar-refractivity contribution in [3.8, 4) is 0 Å². The number of rotatable bonds is 2. The number of aryl methyl sites for hydroxylation is 1. The fraction of sp³-hybridized carbons (Fsp3) is 0.667. The van der Waals surface area contributed by atoms with E-state index in [-0.39, 0.29) is 0 Å². The zero-order valence-electron chi connectivity index (χ0n) is 11.8. The van der Waals surface area contributed by atoms with Gasteiger partial charge in [0, 0.05) is 36.7 Å². The predicted octanol–water partition coefficient (Wildman–Crippen LogP) is 2.80. The maximum absolute atomic E-state index is 5.91. The average molecular weight is 280 g/mol. The number of halogens is 1. The molecule has 2 aliphatic heterocycles. The van der Waals surface area contributed by atoms with Gasteiger partial charge in [0.25, 0.3) is 0 Å². The first-order valence-corrected chi connectivity index (χ1v) is 7.75. The highest BCUT2D eigenvalue weighted by Gasteiger charge is 2.34. The standard InChI is InChI=1S/C15H22ClN3/c1-11-9-18-7-3-4-14(18)10-19(11)15-6-5-13(8-16)12(2)17-15/h5-6,11,14H,3-4,7-10H2,1-2H3. The topological polar surface area (TPSA) is 19.4 Å². The summed E-state index contributed by atoms with van der Waals surface area (Å²) >= 11 is 5.91. The SMILES string of the molecule is Cc1nc(N2CC3CCCN3CC2C)ccc1CCl. The van der Waals surface area contributed by atoms with Crippen LogP contribution in [0, 0.1) is 6.92 Å². The number of hydrogen-bond acceptors (Lipinski definition) is 3. The molecule has 3 rings (SSSR count). The maximum Gasteiger partial charge on any atom is 0.129 e. The average Bonchev–Trinajstić information content (AvgIpc) is 2.84. The van der Waals surface area contributed by atoms with Crippen LogP contribution in [0.25, 0.3) is 0 Å². The van der Waals surface area contributed by atoms with Crippen molar-refractivity contribution >= 4 is 17.4 Å². The molecule has 3 heterocycles. The number of aromatic nitrogens is 1. The van der Waals surface area contributed by atoms with Crippen LogP contribution >= 0.6 is 11.6 Å². The molecule has 0 bridgehead atoms. The monoisotopic (exact) mass is 279 g/mol. The number of nitrogens with zero attached hydrogens (tertiary/aromatic N) is 3. The van der Waals surface area contributed by atoms with Crippen molar-refractivity contribution in [3.63, 3.8) is 0 Å². The van der Waals surface area contributed by atoms with Gasteiger partial charge >= 0.3 is 0 Å². The second kappa shape index (κ2) is 5.29. The Kier molecular flexibility index (Phi) is 3.68. The van der Waals surface area contributed by atoms with Crippen LogP contribution in [-0.2, 0) is 5.88 Å². The third-order valence-corrected chi connectivity index (χ3v) is 4.84. The molecule has 19 heavy (non-hydrogen) atoms. The summed E-state index contributed by atoms with van der Waals surface area (Å²) < 4.78 is 0.